The second-order valence-corrected chi connectivity index (χ2v) is 6.34. The van der Waals surface area contributed by atoms with Gasteiger partial charge in [-0.05, 0) is 41.5 Å². The SMILES string of the molecule is O=C1OC(c2ccc(F)c(F)c2)CN1Cc1cc(C(F)(F)F)cc(C(F)(F)F)c1. The van der Waals surface area contributed by atoms with Gasteiger partial charge in [-0.3, -0.25) is 4.90 Å². The fourth-order valence-corrected chi connectivity index (χ4v) is 2.85. The summed E-state index contributed by atoms with van der Waals surface area (Å²) in [4.78, 5) is 12.8. The molecule has 0 saturated carbocycles. The van der Waals surface area contributed by atoms with Crippen molar-refractivity contribution in [1.29, 1.82) is 0 Å². The first-order chi connectivity index (χ1) is 13.3. The molecular weight excluding hydrogens is 414 g/mol. The van der Waals surface area contributed by atoms with Crippen LogP contribution in [0.15, 0.2) is 36.4 Å². The summed E-state index contributed by atoms with van der Waals surface area (Å²) in [6.45, 7) is -0.854. The Kier molecular flexibility index (Phi) is 5.18. The molecule has 156 valence electrons. The number of hydrogen-bond donors (Lipinski definition) is 0. The molecule has 0 spiro atoms. The largest absolute Gasteiger partial charge is 0.439 e. The Labute approximate surface area is 158 Å². The lowest BCUT2D eigenvalue weighted by molar-refractivity contribution is -0.143. The van der Waals surface area contributed by atoms with Gasteiger partial charge in [0.15, 0.2) is 11.6 Å². The summed E-state index contributed by atoms with van der Waals surface area (Å²) in [6.07, 6.45) is -12.1. The van der Waals surface area contributed by atoms with E-state index in [9.17, 15) is 39.9 Å². The van der Waals surface area contributed by atoms with Crippen LogP contribution in [0.4, 0.5) is 39.9 Å². The zero-order chi connectivity index (χ0) is 21.6. The number of hydrogen-bond acceptors (Lipinski definition) is 2. The lowest BCUT2D eigenvalue weighted by Gasteiger charge is -2.17. The Hall–Kier alpha value is -2.85. The maximum atomic E-state index is 13.3. The second-order valence-electron chi connectivity index (χ2n) is 6.34. The highest BCUT2D eigenvalue weighted by Gasteiger charge is 2.38. The number of alkyl halides is 6. The monoisotopic (exact) mass is 425 g/mol. The van der Waals surface area contributed by atoms with Gasteiger partial charge in [0.05, 0.1) is 17.7 Å². The number of halogens is 8. The number of nitrogens with zero attached hydrogens (tertiary/aromatic N) is 1. The number of ether oxygens (including phenoxy) is 1. The van der Waals surface area contributed by atoms with E-state index in [-0.39, 0.29) is 18.2 Å². The van der Waals surface area contributed by atoms with Gasteiger partial charge in [0.2, 0.25) is 0 Å². The van der Waals surface area contributed by atoms with E-state index in [1.807, 2.05) is 0 Å². The third-order valence-corrected chi connectivity index (χ3v) is 4.22. The zero-order valence-corrected chi connectivity index (χ0v) is 14.2. The summed E-state index contributed by atoms with van der Waals surface area (Å²) < 4.78 is 109. The van der Waals surface area contributed by atoms with Crippen molar-refractivity contribution in [2.75, 3.05) is 6.54 Å². The Morgan fingerprint density at radius 3 is 2.00 bits per heavy atom. The molecule has 1 saturated heterocycles. The van der Waals surface area contributed by atoms with Crippen molar-refractivity contribution in [1.82, 2.24) is 4.90 Å². The number of carbonyl (C=O) groups is 1. The number of carbonyl (C=O) groups excluding carboxylic acids is 1. The summed E-state index contributed by atoms with van der Waals surface area (Å²) in [5, 5.41) is 0. The number of amides is 1. The van der Waals surface area contributed by atoms with E-state index >= 15 is 0 Å². The molecule has 1 unspecified atom stereocenters. The minimum atomic E-state index is -5.02. The van der Waals surface area contributed by atoms with Crippen LogP contribution < -0.4 is 0 Å². The fourth-order valence-electron chi connectivity index (χ4n) is 2.85. The quantitative estimate of drug-likeness (QED) is 0.591. The molecule has 3 nitrogen and oxygen atoms in total. The third-order valence-electron chi connectivity index (χ3n) is 4.22. The lowest BCUT2D eigenvalue weighted by Crippen LogP contribution is -2.24. The van der Waals surface area contributed by atoms with Crippen LogP contribution in [0.2, 0.25) is 0 Å². The Morgan fingerprint density at radius 2 is 1.48 bits per heavy atom. The average Bonchev–Trinajstić information content (AvgIpc) is 2.96. The number of rotatable bonds is 3. The van der Waals surface area contributed by atoms with Crippen molar-refractivity contribution >= 4 is 6.09 Å². The molecule has 0 radical (unpaired) electrons. The Balaban J connectivity index is 1.85. The van der Waals surface area contributed by atoms with Crippen molar-refractivity contribution in [2.24, 2.45) is 0 Å². The first-order valence-electron chi connectivity index (χ1n) is 8.03. The minimum absolute atomic E-state index is 0.0180. The molecule has 1 atom stereocenters. The van der Waals surface area contributed by atoms with Crippen LogP contribution in [-0.2, 0) is 23.6 Å². The molecule has 3 rings (SSSR count). The predicted molar refractivity (Wildman–Crippen MR) is 82.4 cm³/mol. The first kappa shape index (κ1) is 20.9. The van der Waals surface area contributed by atoms with Crippen LogP contribution in [0.5, 0.6) is 0 Å². The molecule has 1 amide bonds. The average molecular weight is 425 g/mol. The molecule has 1 aliphatic heterocycles. The maximum absolute atomic E-state index is 13.3. The predicted octanol–water partition coefficient (Wildman–Crippen LogP) is 5.70. The molecule has 2 aromatic rings. The summed E-state index contributed by atoms with van der Waals surface area (Å²) >= 11 is 0. The van der Waals surface area contributed by atoms with Crippen LogP contribution in [0, 0.1) is 11.6 Å². The second kappa shape index (κ2) is 7.20. The van der Waals surface area contributed by atoms with E-state index in [2.05, 4.69) is 0 Å². The van der Waals surface area contributed by atoms with Gasteiger partial charge in [-0.25, -0.2) is 13.6 Å². The summed E-state index contributed by atoms with van der Waals surface area (Å²) in [5.74, 6) is -2.32. The maximum Gasteiger partial charge on any atom is 0.416 e. The standard InChI is InChI=1S/C18H11F8NO2/c19-13-2-1-10(5-14(13)20)15-8-27(16(28)29-15)7-9-3-11(17(21,22)23)6-12(4-9)18(24,25)26/h1-6,15H,7-8H2. The Morgan fingerprint density at radius 1 is 0.897 bits per heavy atom. The normalized spacial score (nSPS) is 17.6. The number of cyclic esters (lactones) is 1. The van der Waals surface area contributed by atoms with Gasteiger partial charge in [0, 0.05) is 6.54 Å². The molecule has 11 heteroatoms. The Bertz CT molecular complexity index is 906. The third kappa shape index (κ3) is 4.60. The van der Waals surface area contributed by atoms with Crippen molar-refractivity contribution in [3.05, 3.63) is 70.3 Å². The smallest absolute Gasteiger partial charge is 0.416 e. The lowest BCUT2D eigenvalue weighted by atomic mass is 10.0. The molecule has 0 N–H and O–H groups in total. The van der Waals surface area contributed by atoms with Crippen LogP contribution >= 0.6 is 0 Å². The highest BCUT2D eigenvalue weighted by Crippen LogP contribution is 2.37. The summed E-state index contributed by atoms with van der Waals surface area (Å²) in [6, 6.07) is 3.76. The van der Waals surface area contributed by atoms with Gasteiger partial charge in [-0.1, -0.05) is 6.07 Å². The number of benzene rings is 2. The van der Waals surface area contributed by atoms with E-state index < -0.39 is 59.4 Å². The molecule has 1 aliphatic rings. The van der Waals surface area contributed by atoms with Gasteiger partial charge in [0.25, 0.3) is 0 Å². The summed E-state index contributed by atoms with van der Waals surface area (Å²) in [5.41, 5.74) is -3.33. The van der Waals surface area contributed by atoms with Crippen molar-refractivity contribution in [2.45, 2.75) is 25.0 Å². The molecular formula is C18H11F8NO2. The highest BCUT2D eigenvalue weighted by molar-refractivity contribution is 5.70. The molecule has 29 heavy (non-hydrogen) atoms. The fraction of sp³-hybridized carbons (Fsp3) is 0.278. The minimum Gasteiger partial charge on any atom is -0.439 e. The van der Waals surface area contributed by atoms with Gasteiger partial charge < -0.3 is 4.74 Å². The molecule has 0 bridgehead atoms. The molecule has 0 aliphatic carbocycles. The van der Waals surface area contributed by atoms with Crippen molar-refractivity contribution in [3.63, 3.8) is 0 Å². The first-order valence-corrected chi connectivity index (χ1v) is 8.03. The molecule has 0 aromatic heterocycles. The molecule has 1 heterocycles. The highest BCUT2D eigenvalue weighted by atomic mass is 19.4. The van der Waals surface area contributed by atoms with Crippen molar-refractivity contribution in [3.8, 4) is 0 Å². The van der Waals surface area contributed by atoms with Gasteiger partial charge in [-0.15, -0.1) is 0 Å². The van der Waals surface area contributed by atoms with Gasteiger partial charge in [0.1, 0.15) is 6.10 Å². The molecule has 1 fully saturated rings. The van der Waals surface area contributed by atoms with E-state index in [4.69, 9.17) is 4.74 Å². The zero-order valence-electron chi connectivity index (χ0n) is 14.2. The van der Waals surface area contributed by atoms with Crippen LogP contribution in [-0.4, -0.2) is 17.5 Å². The van der Waals surface area contributed by atoms with E-state index in [1.54, 1.807) is 0 Å². The van der Waals surface area contributed by atoms with Crippen molar-refractivity contribution < 1.29 is 44.7 Å². The van der Waals surface area contributed by atoms with Crippen LogP contribution in [0.1, 0.15) is 28.4 Å². The topological polar surface area (TPSA) is 29.5 Å². The molecule has 2 aromatic carbocycles. The van der Waals surface area contributed by atoms with E-state index in [0.29, 0.717) is 12.1 Å². The summed E-state index contributed by atoms with van der Waals surface area (Å²) in [7, 11) is 0. The van der Waals surface area contributed by atoms with E-state index in [1.165, 1.54) is 0 Å². The van der Waals surface area contributed by atoms with Gasteiger partial charge >= 0.3 is 18.4 Å². The van der Waals surface area contributed by atoms with Gasteiger partial charge in [-0.2, -0.15) is 26.3 Å². The van der Waals surface area contributed by atoms with Crippen LogP contribution in [0.25, 0.3) is 0 Å². The van der Waals surface area contributed by atoms with E-state index in [0.717, 1.165) is 23.1 Å². The van der Waals surface area contributed by atoms with Crippen LogP contribution in [0.3, 0.4) is 0 Å².